The number of nitrogens with zero attached hydrogens (tertiary/aromatic N) is 1. The van der Waals surface area contributed by atoms with Gasteiger partial charge in [-0.1, -0.05) is 91.0 Å². The summed E-state index contributed by atoms with van der Waals surface area (Å²) in [6, 6.07) is 27.1. The molecule has 4 rings (SSSR count). The molecule has 0 unspecified atom stereocenters. The largest absolute Gasteiger partial charge is 0.445 e. The highest BCUT2D eigenvalue weighted by Crippen LogP contribution is 2.48. The molecule has 7 heteroatoms. The predicted molar refractivity (Wildman–Crippen MR) is 136 cm³/mol. The van der Waals surface area contributed by atoms with Crippen molar-refractivity contribution < 1.29 is 24.5 Å². The summed E-state index contributed by atoms with van der Waals surface area (Å²) >= 11 is 0. The Morgan fingerprint density at radius 3 is 2.00 bits per heavy atom. The van der Waals surface area contributed by atoms with Gasteiger partial charge in [0.1, 0.15) is 12.6 Å². The van der Waals surface area contributed by atoms with Gasteiger partial charge in [-0.15, -0.1) is 0 Å². The topological polar surface area (TPSA) is 99.1 Å². The van der Waals surface area contributed by atoms with Crippen LogP contribution in [-0.2, 0) is 22.7 Å². The zero-order valence-corrected chi connectivity index (χ0v) is 20.3. The van der Waals surface area contributed by atoms with Gasteiger partial charge in [0.15, 0.2) is 0 Å². The average Bonchev–Trinajstić information content (AvgIpc) is 3.21. The smallest absolute Gasteiger partial charge is 0.411 e. The summed E-state index contributed by atoms with van der Waals surface area (Å²) in [6.45, 7) is 1.24. The van der Waals surface area contributed by atoms with E-state index in [1.54, 1.807) is 6.92 Å². The van der Waals surface area contributed by atoms with Crippen LogP contribution in [0.5, 0.6) is 0 Å². The van der Waals surface area contributed by atoms with Crippen LogP contribution in [-0.4, -0.2) is 51.9 Å². The second-order valence-electron chi connectivity index (χ2n) is 9.30. The Labute approximate surface area is 211 Å². The van der Waals surface area contributed by atoms with Gasteiger partial charge in [0.2, 0.25) is 5.91 Å². The number of aliphatic hydroxyl groups is 2. The fraction of sp³-hybridized carbons (Fsp3) is 0.310. The van der Waals surface area contributed by atoms with Crippen LogP contribution in [0.3, 0.4) is 0 Å². The number of carbonyl (C=O) groups excluding carboxylic acids is 2. The van der Waals surface area contributed by atoms with E-state index < -0.39 is 36.1 Å². The minimum Gasteiger partial charge on any atom is -0.445 e. The molecule has 1 fully saturated rings. The first-order valence-electron chi connectivity index (χ1n) is 12.1. The van der Waals surface area contributed by atoms with E-state index >= 15 is 0 Å². The Kier molecular flexibility index (Phi) is 8.03. The minimum atomic E-state index is -1.22. The lowest BCUT2D eigenvalue weighted by Crippen LogP contribution is -2.57. The van der Waals surface area contributed by atoms with Crippen molar-refractivity contribution in [2.24, 2.45) is 5.92 Å². The van der Waals surface area contributed by atoms with Gasteiger partial charge in [0.05, 0.1) is 12.1 Å². The Hall–Kier alpha value is -3.68. The van der Waals surface area contributed by atoms with E-state index in [9.17, 15) is 19.8 Å². The third-order valence-corrected chi connectivity index (χ3v) is 7.08. The van der Waals surface area contributed by atoms with E-state index in [0.717, 1.165) is 16.7 Å². The van der Waals surface area contributed by atoms with Gasteiger partial charge in [-0.3, -0.25) is 9.69 Å². The molecule has 0 spiro atoms. The summed E-state index contributed by atoms with van der Waals surface area (Å²) in [7, 11) is 0. The molecule has 0 aromatic heterocycles. The van der Waals surface area contributed by atoms with Crippen LogP contribution in [0.1, 0.15) is 29.5 Å². The Morgan fingerprint density at radius 1 is 0.889 bits per heavy atom. The van der Waals surface area contributed by atoms with Gasteiger partial charge in [-0.25, -0.2) is 4.79 Å². The summed E-state index contributed by atoms with van der Waals surface area (Å²) in [5, 5.41) is 23.9. The van der Waals surface area contributed by atoms with E-state index in [-0.39, 0.29) is 25.7 Å². The van der Waals surface area contributed by atoms with E-state index in [2.05, 4.69) is 5.32 Å². The number of nitrogens with one attached hydrogen (secondary N) is 1. The number of hydrogen-bond acceptors (Lipinski definition) is 5. The highest BCUT2D eigenvalue weighted by atomic mass is 16.6. The van der Waals surface area contributed by atoms with Crippen molar-refractivity contribution in [1.82, 2.24) is 10.2 Å². The lowest BCUT2D eigenvalue weighted by molar-refractivity contribution is -0.127. The first-order valence-corrected chi connectivity index (χ1v) is 12.1. The maximum atomic E-state index is 13.7. The van der Waals surface area contributed by atoms with Crippen LogP contribution in [0.15, 0.2) is 91.0 Å². The van der Waals surface area contributed by atoms with Crippen LogP contribution in [0.25, 0.3) is 0 Å². The second kappa shape index (κ2) is 11.4. The molecule has 1 aliphatic rings. The minimum absolute atomic E-state index is 0.0236. The molecule has 3 N–H and O–H groups in total. The molecule has 188 valence electrons. The van der Waals surface area contributed by atoms with Crippen LogP contribution in [0.2, 0.25) is 0 Å². The molecule has 3 aromatic rings. The highest BCUT2D eigenvalue weighted by Gasteiger charge is 2.61. The zero-order chi connectivity index (χ0) is 25.5. The maximum absolute atomic E-state index is 13.7. The third kappa shape index (κ3) is 5.12. The van der Waals surface area contributed by atoms with Crippen molar-refractivity contribution in [3.8, 4) is 0 Å². The molecule has 1 aliphatic heterocycles. The van der Waals surface area contributed by atoms with Gasteiger partial charge >= 0.3 is 6.09 Å². The number of rotatable bonds is 8. The van der Waals surface area contributed by atoms with Crippen molar-refractivity contribution in [2.45, 2.75) is 37.6 Å². The molecule has 0 aliphatic carbocycles. The van der Waals surface area contributed by atoms with Gasteiger partial charge in [0.25, 0.3) is 0 Å². The predicted octanol–water partition coefficient (Wildman–Crippen LogP) is 3.47. The molecule has 7 nitrogen and oxygen atoms in total. The second-order valence-corrected chi connectivity index (χ2v) is 9.30. The van der Waals surface area contributed by atoms with Gasteiger partial charge in [0, 0.05) is 25.0 Å². The molecule has 1 heterocycles. The van der Waals surface area contributed by atoms with E-state index in [0.29, 0.717) is 0 Å². The summed E-state index contributed by atoms with van der Waals surface area (Å²) < 4.78 is 5.64. The number of benzene rings is 3. The van der Waals surface area contributed by atoms with E-state index in [1.807, 2.05) is 91.0 Å². The quantitative estimate of drug-likeness (QED) is 0.451. The molecular formula is C29H32N2O5. The molecule has 0 bridgehead atoms. The lowest BCUT2D eigenvalue weighted by Gasteiger charge is -2.38. The van der Waals surface area contributed by atoms with Crippen molar-refractivity contribution >= 4 is 12.0 Å². The normalized spacial score (nSPS) is 23.3. The average molecular weight is 489 g/mol. The van der Waals surface area contributed by atoms with Crippen molar-refractivity contribution in [1.29, 1.82) is 0 Å². The van der Waals surface area contributed by atoms with Crippen LogP contribution >= 0.6 is 0 Å². The number of aliphatic hydroxyl groups excluding tert-OH is 2. The molecular weight excluding hydrogens is 456 g/mol. The number of ether oxygens (including phenoxy) is 1. The number of hydrogen-bond donors (Lipinski definition) is 3. The molecule has 4 atom stereocenters. The van der Waals surface area contributed by atoms with Crippen molar-refractivity contribution in [3.05, 3.63) is 108 Å². The van der Waals surface area contributed by atoms with E-state index in [1.165, 1.54) is 4.90 Å². The van der Waals surface area contributed by atoms with E-state index in [4.69, 9.17) is 4.74 Å². The third-order valence-electron chi connectivity index (χ3n) is 7.08. The molecule has 0 radical (unpaired) electrons. The fourth-order valence-electron chi connectivity index (χ4n) is 5.14. The molecule has 0 saturated carbocycles. The lowest BCUT2D eigenvalue weighted by atomic mass is 9.77. The SMILES string of the molecule is C[C@]1(CO)[C@@H](CO)[C@H](c2ccccc2)[C@@H](C(=O)NCc2ccccc2)N1C(=O)OCc1ccccc1. The standard InChI is InChI=1S/C29H32N2O5/c1-29(20-33)24(18-32)25(23-15-9-4-10-16-23)26(27(34)30-17-21-11-5-2-6-12-21)31(29)28(35)36-19-22-13-7-3-8-14-22/h2-16,24-26,32-33H,17-20H2,1H3,(H,30,34)/t24-,25-,26-,29-/m0/s1. The first-order chi connectivity index (χ1) is 17.5. The van der Waals surface area contributed by atoms with Crippen LogP contribution < -0.4 is 5.32 Å². The Balaban J connectivity index is 1.69. The first kappa shape index (κ1) is 25.4. The van der Waals surface area contributed by atoms with Crippen LogP contribution in [0, 0.1) is 5.92 Å². The summed E-state index contributed by atoms with van der Waals surface area (Å²) in [4.78, 5) is 28.6. The maximum Gasteiger partial charge on any atom is 0.411 e. The zero-order valence-electron chi connectivity index (χ0n) is 20.3. The molecule has 3 aromatic carbocycles. The Bertz CT molecular complexity index is 1140. The number of amides is 2. The fourth-order valence-corrected chi connectivity index (χ4v) is 5.14. The Morgan fingerprint density at radius 2 is 1.44 bits per heavy atom. The van der Waals surface area contributed by atoms with Crippen molar-refractivity contribution in [3.63, 3.8) is 0 Å². The van der Waals surface area contributed by atoms with Crippen molar-refractivity contribution in [2.75, 3.05) is 13.2 Å². The van der Waals surface area contributed by atoms with Gasteiger partial charge in [-0.2, -0.15) is 0 Å². The van der Waals surface area contributed by atoms with Gasteiger partial charge in [-0.05, 0) is 23.6 Å². The monoisotopic (exact) mass is 488 g/mol. The van der Waals surface area contributed by atoms with Crippen LogP contribution in [0.4, 0.5) is 4.79 Å². The highest BCUT2D eigenvalue weighted by molar-refractivity contribution is 5.88. The summed E-state index contributed by atoms with van der Waals surface area (Å²) in [5.41, 5.74) is 1.30. The molecule has 2 amide bonds. The summed E-state index contributed by atoms with van der Waals surface area (Å²) in [5.74, 6) is -1.52. The molecule has 1 saturated heterocycles. The van der Waals surface area contributed by atoms with Gasteiger partial charge < -0.3 is 20.3 Å². The number of carbonyl (C=O) groups is 2. The number of likely N-dealkylation sites (tertiary alicyclic amines) is 1. The summed E-state index contributed by atoms with van der Waals surface area (Å²) in [6.07, 6.45) is -0.716. The molecule has 36 heavy (non-hydrogen) atoms.